The molecule has 2 heteroatoms. The van der Waals surface area contributed by atoms with E-state index < -0.39 is 0 Å². The Kier molecular flexibility index (Phi) is 6.90. The minimum Gasteiger partial charge on any atom is -0.303 e. The predicted octanol–water partition coefficient (Wildman–Crippen LogP) is 3.23. The van der Waals surface area contributed by atoms with E-state index in [2.05, 4.69) is 35.5 Å². The van der Waals surface area contributed by atoms with Gasteiger partial charge >= 0.3 is 0 Å². The minimum absolute atomic E-state index is 0.663. The highest BCUT2D eigenvalue weighted by Crippen LogP contribution is 2.19. The lowest BCUT2D eigenvalue weighted by atomic mass is 9.94. The first-order chi connectivity index (χ1) is 9.81. The fourth-order valence-electron chi connectivity index (χ4n) is 3.47. The third-order valence-corrected chi connectivity index (χ3v) is 5.02. The van der Waals surface area contributed by atoms with Crippen LogP contribution in [0.1, 0.15) is 52.4 Å². The van der Waals surface area contributed by atoms with Crippen LogP contribution in [0.4, 0.5) is 0 Å². The first-order valence-corrected chi connectivity index (χ1v) is 8.75. The molecule has 0 aromatic heterocycles. The van der Waals surface area contributed by atoms with E-state index in [-0.39, 0.29) is 0 Å². The molecular weight excluding hydrogens is 244 g/mol. The molecule has 2 aliphatic heterocycles. The van der Waals surface area contributed by atoms with Crippen LogP contribution in [-0.4, -0.2) is 49.1 Å². The Morgan fingerprint density at radius 3 is 2.15 bits per heavy atom. The molecule has 0 saturated carbocycles. The van der Waals surface area contributed by atoms with Crippen molar-refractivity contribution >= 4 is 0 Å². The van der Waals surface area contributed by atoms with Crippen molar-refractivity contribution in [2.45, 2.75) is 52.4 Å². The second kappa shape index (κ2) is 8.70. The maximum absolute atomic E-state index is 3.54. The minimum atomic E-state index is 0.663. The van der Waals surface area contributed by atoms with E-state index in [1.165, 1.54) is 71.2 Å². The quantitative estimate of drug-likeness (QED) is 0.727. The van der Waals surface area contributed by atoms with E-state index in [9.17, 15) is 0 Å². The Morgan fingerprint density at radius 1 is 0.900 bits per heavy atom. The highest BCUT2D eigenvalue weighted by molar-refractivity contribution is 5.07. The van der Waals surface area contributed by atoms with E-state index in [1.54, 1.807) is 0 Å². The Balaban J connectivity index is 1.63. The Hall–Kier alpha value is -0.520. The van der Waals surface area contributed by atoms with Crippen LogP contribution < -0.4 is 0 Å². The summed E-state index contributed by atoms with van der Waals surface area (Å²) in [5.41, 5.74) is 0. The van der Waals surface area contributed by atoms with Crippen LogP contribution in [0.3, 0.4) is 0 Å². The summed E-state index contributed by atoms with van der Waals surface area (Å²) in [5, 5.41) is 0. The highest BCUT2D eigenvalue weighted by atomic mass is 15.1. The molecule has 2 aliphatic rings. The maximum Gasteiger partial charge on any atom is 0.0601 e. The van der Waals surface area contributed by atoms with Gasteiger partial charge in [-0.3, -0.25) is 4.90 Å². The molecule has 0 radical (unpaired) electrons. The van der Waals surface area contributed by atoms with Crippen molar-refractivity contribution in [1.29, 1.82) is 0 Å². The van der Waals surface area contributed by atoms with Gasteiger partial charge < -0.3 is 4.90 Å². The van der Waals surface area contributed by atoms with Gasteiger partial charge in [-0.1, -0.05) is 32.1 Å². The van der Waals surface area contributed by atoms with E-state index in [4.69, 9.17) is 0 Å². The second-order valence-electron chi connectivity index (χ2n) is 6.56. The largest absolute Gasteiger partial charge is 0.303 e. The van der Waals surface area contributed by atoms with Crippen molar-refractivity contribution in [3.05, 3.63) is 0 Å². The molecule has 114 valence electrons. The summed E-state index contributed by atoms with van der Waals surface area (Å²) >= 11 is 0. The van der Waals surface area contributed by atoms with Crippen LogP contribution in [0.15, 0.2) is 0 Å². The van der Waals surface area contributed by atoms with Crippen molar-refractivity contribution in [2.24, 2.45) is 11.8 Å². The first-order valence-electron chi connectivity index (χ1n) is 8.75. The Bertz CT molecular complexity index is 312. The van der Waals surface area contributed by atoms with Gasteiger partial charge in [0, 0.05) is 5.92 Å². The Labute approximate surface area is 125 Å². The summed E-state index contributed by atoms with van der Waals surface area (Å²) in [6, 6.07) is 0. The zero-order valence-electron chi connectivity index (χ0n) is 13.5. The van der Waals surface area contributed by atoms with Crippen LogP contribution in [0.2, 0.25) is 0 Å². The molecule has 0 N–H and O–H groups in total. The lowest BCUT2D eigenvalue weighted by Crippen LogP contribution is -2.34. The lowest BCUT2D eigenvalue weighted by Gasteiger charge is -2.30. The average Bonchev–Trinajstić information content (AvgIpc) is 2.50. The molecule has 0 amide bonds. The van der Waals surface area contributed by atoms with Crippen LogP contribution in [0.25, 0.3) is 0 Å². The van der Waals surface area contributed by atoms with Crippen molar-refractivity contribution in [3.8, 4) is 11.8 Å². The van der Waals surface area contributed by atoms with Crippen LogP contribution >= 0.6 is 0 Å². The third-order valence-electron chi connectivity index (χ3n) is 5.02. The summed E-state index contributed by atoms with van der Waals surface area (Å²) in [6.45, 7) is 11.9. The second-order valence-corrected chi connectivity index (χ2v) is 6.56. The van der Waals surface area contributed by atoms with E-state index in [1.807, 2.05) is 0 Å². The maximum atomic E-state index is 3.54. The van der Waals surface area contributed by atoms with Crippen LogP contribution in [-0.2, 0) is 0 Å². The van der Waals surface area contributed by atoms with Crippen molar-refractivity contribution in [1.82, 2.24) is 9.80 Å². The van der Waals surface area contributed by atoms with Gasteiger partial charge in [-0.2, -0.15) is 0 Å². The summed E-state index contributed by atoms with van der Waals surface area (Å²) < 4.78 is 0. The van der Waals surface area contributed by atoms with Gasteiger partial charge in [0.05, 0.1) is 6.54 Å². The highest BCUT2D eigenvalue weighted by Gasteiger charge is 2.18. The van der Waals surface area contributed by atoms with Gasteiger partial charge in [-0.25, -0.2) is 0 Å². The molecule has 2 saturated heterocycles. The summed E-state index contributed by atoms with van der Waals surface area (Å²) in [5.74, 6) is 8.64. The molecule has 0 unspecified atom stereocenters. The molecule has 2 nitrogen and oxygen atoms in total. The van der Waals surface area contributed by atoms with E-state index >= 15 is 0 Å². The molecule has 0 bridgehead atoms. The number of likely N-dealkylation sites (tertiary alicyclic amines) is 2. The van der Waals surface area contributed by atoms with Gasteiger partial charge in [-0.15, -0.1) is 0 Å². The molecule has 20 heavy (non-hydrogen) atoms. The van der Waals surface area contributed by atoms with Crippen molar-refractivity contribution < 1.29 is 0 Å². The monoisotopic (exact) mass is 276 g/mol. The summed E-state index contributed by atoms with van der Waals surface area (Å²) in [7, 11) is 0. The molecule has 0 spiro atoms. The molecule has 0 aliphatic carbocycles. The van der Waals surface area contributed by atoms with Crippen LogP contribution in [0.5, 0.6) is 0 Å². The molecule has 2 fully saturated rings. The third kappa shape index (κ3) is 5.11. The average molecular weight is 276 g/mol. The van der Waals surface area contributed by atoms with E-state index in [0.29, 0.717) is 5.92 Å². The number of piperidine rings is 2. The fraction of sp³-hybridized carbons (Fsp3) is 0.889. The topological polar surface area (TPSA) is 6.48 Å². The number of rotatable bonds is 4. The van der Waals surface area contributed by atoms with Gasteiger partial charge in [0.1, 0.15) is 0 Å². The molecular formula is C18H32N2. The molecule has 2 heterocycles. The molecule has 2 rings (SSSR count). The number of hydrogen-bond acceptors (Lipinski definition) is 2. The van der Waals surface area contributed by atoms with Crippen molar-refractivity contribution in [3.63, 3.8) is 0 Å². The zero-order chi connectivity index (χ0) is 14.2. The molecule has 0 atom stereocenters. The van der Waals surface area contributed by atoms with Gasteiger partial charge in [0.25, 0.3) is 0 Å². The van der Waals surface area contributed by atoms with Gasteiger partial charge in [0.15, 0.2) is 0 Å². The molecule has 0 aromatic carbocycles. The van der Waals surface area contributed by atoms with E-state index in [0.717, 1.165) is 12.5 Å². The normalized spacial score (nSPS) is 23.5. The molecule has 0 aromatic rings. The summed E-state index contributed by atoms with van der Waals surface area (Å²) in [6.07, 6.45) is 7.97. The predicted molar refractivity (Wildman–Crippen MR) is 86.7 cm³/mol. The first kappa shape index (κ1) is 15.9. The van der Waals surface area contributed by atoms with Gasteiger partial charge in [0.2, 0.25) is 0 Å². The van der Waals surface area contributed by atoms with Gasteiger partial charge in [-0.05, 0) is 70.7 Å². The number of hydrogen-bond donors (Lipinski definition) is 0. The van der Waals surface area contributed by atoms with Crippen LogP contribution in [0, 0.1) is 23.7 Å². The lowest BCUT2D eigenvalue weighted by molar-refractivity contribution is 0.199. The Morgan fingerprint density at radius 2 is 1.55 bits per heavy atom. The fourth-order valence-corrected chi connectivity index (χ4v) is 3.47. The van der Waals surface area contributed by atoms with Crippen molar-refractivity contribution in [2.75, 3.05) is 39.3 Å². The smallest absolute Gasteiger partial charge is 0.0601 e. The standard InChI is InChI=1S/C18H32N2/c1-3-11-19-15-9-18(10-16-19)6-5-12-20-13-7-17(4-2)8-14-20/h17-18H,3-4,7-16H2,1-2H3. The summed E-state index contributed by atoms with van der Waals surface area (Å²) in [4.78, 5) is 5.14. The SMILES string of the molecule is CCCN1CCC(C#CCN2CCC(CC)CC2)CC1. The number of nitrogens with zero attached hydrogens (tertiary/aromatic N) is 2. The zero-order valence-corrected chi connectivity index (χ0v) is 13.5.